The molecule has 1 saturated carbocycles. The normalized spacial score (nSPS) is 22.4. The fraction of sp³-hybridized carbons (Fsp3) is 0.611. The summed E-state index contributed by atoms with van der Waals surface area (Å²) in [6.07, 6.45) is 6.62. The van der Waals surface area contributed by atoms with Crippen molar-refractivity contribution in [2.24, 2.45) is 5.92 Å². The summed E-state index contributed by atoms with van der Waals surface area (Å²) in [6.45, 7) is 4.77. The topological polar surface area (TPSA) is 115 Å². The molecule has 9 heteroatoms. The van der Waals surface area contributed by atoms with Gasteiger partial charge in [0, 0.05) is 31.8 Å². The van der Waals surface area contributed by atoms with E-state index in [4.69, 9.17) is 9.26 Å². The number of nitrogens with one attached hydrogen (secondary N) is 2. The maximum Gasteiger partial charge on any atom is 0.223 e. The van der Waals surface area contributed by atoms with Gasteiger partial charge in [-0.15, -0.1) is 0 Å². The van der Waals surface area contributed by atoms with E-state index < -0.39 is 0 Å². The molecule has 3 rings (SSSR count). The number of rotatable bonds is 8. The van der Waals surface area contributed by atoms with Gasteiger partial charge in [0.25, 0.3) is 0 Å². The highest BCUT2D eigenvalue weighted by atomic mass is 16.5. The van der Waals surface area contributed by atoms with Crippen molar-refractivity contribution in [1.29, 1.82) is 0 Å². The molecular formula is C18H26N6O3. The van der Waals surface area contributed by atoms with E-state index in [0.29, 0.717) is 30.7 Å². The molecule has 0 unspecified atom stereocenters. The number of nitrogens with zero attached hydrogens (tertiary/aromatic N) is 4. The van der Waals surface area contributed by atoms with Gasteiger partial charge < -0.3 is 19.9 Å². The minimum Gasteiger partial charge on any atom is -0.376 e. The second kappa shape index (κ2) is 9.40. The Morgan fingerprint density at radius 3 is 2.85 bits per heavy atom. The molecule has 0 aliphatic heterocycles. The van der Waals surface area contributed by atoms with Gasteiger partial charge in [-0.1, -0.05) is 12.1 Å². The third kappa shape index (κ3) is 5.46. The van der Waals surface area contributed by atoms with Crippen LogP contribution in [0.3, 0.4) is 0 Å². The van der Waals surface area contributed by atoms with Gasteiger partial charge in [-0.3, -0.25) is 4.79 Å². The molecule has 3 atom stereocenters. The van der Waals surface area contributed by atoms with Crippen LogP contribution < -0.4 is 10.6 Å². The SMILES string of the molecule is CCCO[C@@H]1CC[C@H](C(=O)NCc2noc(C)n2)C[C@H]1Nc1ncccn1. The van der Waals surface area contributed by atoms with Crippen molar-refractivity contribution < 1.29 is 14.1 Å². The first-order valence-electron chi connectivity index (χ1n) is 9.37. The maximum absolute atomic E-state index is 12.6. The lowest BCUT2D eigenvalue weighted by molar-refractivity contribution is -0.127. The summed E-state index contributed by atoms with van der Waals surface area (Å²) < 4.78 is 10.9. The molecule has 1 aliphatic carbocycles. The molecule has 1 amide bonds. The Morgan fingerprint density at radius 1 is 1.33 bits per heavy atom. The number of ether oxygens (including phenoxy) is 1. The predicted octanol–water partition coefficient (Wildman–Crippen LogP) is 1.86. The Labute approximate surface area is 158 Å². The summed E-state index contributed by atoms with van der Waals surface area (Å²) in [5.41, 5.74) is 0. The first kappa shape index (κ1) is 19.2. The standard InChI is InChI=1S/C18H26N6O3/c1-3-9-26-15-6-5-13(10-14(15)23-18-19-7-4-8-20-18)17(25)21-11-16-22-12(2)27-24-16/h4,7-8,13-15H,3,5-6,9-11H2,1-2H3,(H,21,25)(H,19,20,23)/t13-,14+,15+/m0/s1. The van der Waals surface area contributed by atoms with Gasteiger partial charge in [-0.05, 0) is 31.7 Å². The molecule has 2 heterocycles. The molecule has 2 aromatic heterocycles. The number of carbonyl (C=O) groups excluding carboxylic acids is 1. The van der Waals surface area contributed by atoms with Crippen LogP contribution >= 0.6 is 0 Å². The van der Waals surface area contributed by atoms with Crippen LogP contribution in [0.1, 0.15) is 44.3 Å². The number of aryl methyl sites for hydroxylation is 1. The summed E-state index contributed by atoms with van der Waals surface area (Å²) in [5.74, 6) is 1.40. The number of aromatic nitrogens is 4. The van der Waals surface area contributed by atoms with Crippen LogP contribution in [0.4, 0.5) is 5.95 Å². The van der Waals surface area contributed by atoms with Crippen molar-refractivity contribution in [2.45, 2.75) is 58.2 Å². The predicted molar refractivity (Wildman–Crippen MR) is 97.7 cm³/mol. The zero-order chi connectivity index (χ0) is 19.1. The van der Waals surface area contributed by atoms with Crippen molar-refractivity contribution in [3.63, 3.8) is 0 Å². The van der Waals surface area contributed by atoms with Crippen LogP contribution in [0, 0.1) is 12.8 Å². The van der Waals surface area contributed by atoms with Gasteiger partial charge in [-0.2, -0.15) is 4.98 Å². The lowest BCUT2D eigenvalue weighted by atomic mass is 9.83. The van der Waals surface area contributed by atoms with E-state index in [1.807, 2.05) is 0 Å². The minimum atomic E-state index is -0.110. The highest BCUT2D eigenvalue weighted by molar-refractivity contribution is 5.78. The smallest absolute Gasteiger partial charge is 0.223 e. The van der Waals surface area contributed by atoms with Crippen molar-refractivity contribution in [2.75, 3.05) is 11.9 Å². The second-order valence-corrected chi connectivity index (χ2v) is 6.69. The quantitative estimate of drug-likeness (QED) is 0.719. The van der Waals surface area contributed by atoms with Crippen LogP contribution in [0.2, 0.25) is 0 Å². The van der Waals surface area contributed by atoms with Crippen LogP contribution in [-0.4, -0.2) is 44.8 Å². The van der Waals surface area contributed by atoms with Crippen LogP contribution in [0.25, 0.3) is 0 Å². The molecule has 0 saturated heterocycles. The molecule has 27 heavy (non-hydrogen) atoms. The number of hydrogen-bond acceptors (Lipinski definition) is 8. The monoisotopic (exact) mass is 374 g/mol. The van der Waals surface area contributed by atoms with E-state index >= 15 is 0 Å². The molecule has 0 spiro atoms. The van der Waals surface area contributed by atoms with E-state index in [2.05, 4.69) is 37.7 Å². The Balaban J connectivity index is 1.59. The van der Waals surface area contributed by atoms with Crippen molar-refractivity contribution in [3.8, 4) is 0 Å². The molecule has 146 valence electrons. The molecule has 2 N–H and O–H groups in total. The lowest BCUT2D eigenvalue weighted by Crippen LogP contribution is -2.45. The molecular weight excluding hydrogens is 348 g/mol. The zero-order valence-corrected chi connectivity index (χ0v) is 15.7. The highest BCUT2D eigenvalue weighted by Gasteiger charge is 2.35. The number of hydrogen-bond donors (Lipinski definition) is 2. The molecule has 1 fully saturated rings. The third-order valence-corrected chi connectivity index (χ3v) is 4.56. The van der Waals surface area contributed by atoms with E-state index in [0.717, 1.165) is 19.3 Å². The van der Waals surface area contributed by atoms with Crippen molar-refractivity contribution in [3.05, 3.63) is 30.2 Å². The van der Waals surface area contributed by atoms with Gasteiger partial charge >= 0.3 is 0 Å². The summed E-state index contributed by atoms with van der Waals surface area (Å²) >= 11 is 0. The third-order valence-electron chi connectivity index (χ3n) is 4.56. The van der Waals surface area contributed by atoms with Gasteiger partial charge in [0.1, 0.15) is 0 Å². The van der Waals surface area contributed by atoms with E-state index in [9.17, 15) is 4.79 Å². The van der Waals surface area contributed by atoms with Crippen LogP contribution in [0.5, 0.6) is 0 Å². The first-order valence-corrected chi connectivity index (χ1v) is 9.37. The Hall–Kier alpha value is -2.55. The van der Waals surface area contributed by atoms with Crippen LogP contribution in [-0.2, 0) is 16.1 Å². The summed E-state index contributed by atoms with van der Waals surface area (Å²) in [6, 6.07) is 1.75. The Kier molecular flexibility index (Phi) is 6.69. The number of carbonyl (C=O) groups is 1. The fourth-order valence-electron chi connectivity index (χ4n) is 3.26. The lowest BCUT2D eigenvalue weighted by Gasteiger charge is -2.35. The van der Waals surface area contributed by atoms with Gasteiger partial charge in [-0.25, -0.2) is 9.97 Å². The summed E-state index contributed by atoms with van der Waals surface area (Å²) in [4.78, 5) is 25.2. The number of amides is 1. The Morgan fingerprint density at radius 2 is 2.15 bits per heavy atom. The van der Waals surface area contributed by atoms with E-state index in [-0.39, 0.29) is 30.5 Å². The van der Waals surface area contributed by atoms with E-state index in [1.54, 1.807) is 25.4 Å². The Bertz CT molecular complexity index is 723. The first-order chi connectivity index (χ1) is 13.2. The molecule has 9 nitrogen and oxygen atoms in total. The average molecular weight is 374 g/mol. The summed E-state index contributed by atoms with van der Waals surface area (Å²) in [5, 5.41) is 10.0. The van der Waals surface area contributed by atoms with Gasteiger partial charge in [0.15, 0.2) is 5.82 Å². The fourth-order valence-corrected chi connectivity index (χ4v) is 3.26. The molecule has 2 aromatic rings. The average Bonchev–Trinajstić information content (AvgIpc) is 3.11. The molecule has 0 bridgehead atoms. The molecule has 0 radical (unpaired) electrons. The highest BCUT2D eigenvalue weighted by Crippen LogP contribution is 2.29. The number of anilines is 1. The minimum absolute atomic E-state index is 0.00725. The van der Waals surface area contributed by atoms with Gasteiger partial charge in [0.2, 0.25) is 17.7 Å². The summed E-state index contributed by atoms with van der Waals surface area (Å²) in [7, 11) is 0. The second-order valence-electron chi connectivity index (χ2n) is 6.69. The molecule has 1 aliphatic rings. The van der Waals surface area contributed by atoms with Crippen molar-refractivity contribution in [1.82, 2.24) is 25.4 Å². The zero-order valence-electron chi connectivity index (χ0n) is 15.7. The van der Waals surface area contributed by atoms with Crippen LogP contribution in [0.15, 0.2) is 23.0 Å². The van der Waals surface area contributed by atoms with Gasteiger partial charge in [0.05, 0.1) is 18.7 Å². The largest absolute Gasteiger partial charge is 0.376 e. The van der Waals surface area contributed by atoms with E-state index in [1.165, 1.54) is 0 Å². The van der Waals surface area contributed by atoms with Crippen molar-refractivity contribution >= 4 is 11.9 Å². The molecule has 0 aromatic carbocycles. The maximum atomic E-state index is 12.6.